The van der Waals surface area contributed by atoms with Crippen LogP contribution >= 0.6 is 0 Å². The third-order valence-corrected chi connectivity index (χ3v) is 2.41. The molecule has 96 valence electrons. The number of aliphatic carboxylic acids is 1. The largest absolute Gasteiger partial charge is 0.480 e. The van der Waals surface area contributed by atoms with Gasteiger partial charge in [-0.05, 0) is 18.6 Å². The molecule has 0 aliphatic heterocycles. The quantitative estimate of drug-likeness (QED) is 0.682. The molecule has 0 bridgehead atoms. The average Bonchev–Trinajstić information content (AvgIpc) is 2.31. The number of nitrogens with one attached hydrogen (secondary N) is 1. The number of amides is 1. The zero-order valence-corrected chi connectivity index (χ0v) is 10.1. The number of benzene rings is 1. The number of nitrogens with two attached hydrogens (primary N) is 1. The van der Waals surface area contributed by atoms with Crippen molar-refractivity contribution in [3.05, 3.63) is 42.0 Å². The second kappa shape index (κ2) is 5.97. The first-order chi connectivity index (χ1) is 8.41. The van der Waals surface area contributed by atoms with E-state index in [9.17, 15) is 9.59 Å². The van der Waals surface area contributed by atoms with Gasteiger partial charge in [-0.1, -0.05) is 24.8 Å². The molecule has 4 N–H and O–H groups in total. The number of carbonyl (C=O) groups excluding carboxylic acids is 1. The van der Waals surface area contributed by atoms with Crippen LogP contribution in [0.2, 0.25) is 0 Å². The fourth-order valence-electron chi connectivity index (χ4n) is 1.37. The zero-order valence-electron chi connectivity index (χ0n) is 10.1. The highest BCUT2D eigenvalue weighted by Crippen LogP contribution is 2.17. The summed E-state index contributed by atoms with van der Waals surface area (Å²) in [5.41, 5.74) is 7.10. The summed E-state index contributed by atoms with van der Waals surface area (Å²) >= 11 is 0. The minimum Gasteiger partial charge on any atom is -0.480 e. The van der Waals surface area contributed by atoms with E-state index in [1.54, 1.807) is 31.2 Å². The number of anilines is 1. The molecule has 0 fully saturated rings. The number of hydrogen-bond acceptors (Lipinski definition) is 3. The first-order valence-corrected chi connectivity index (χ1v) is 5.45. The molecular formula is C13H16N2O3. The molecule has 1 aromatic carbocycles. The van der Waals surface area contributed by atoms with Gasteiger partial charge in [-0.3, -0.25) is 9.59 Å². The highest BCUT2D eigenvalue weighted by atomic mass is 16.4. The van der Waals surface area contributed by atoms with E-state index in [0.29, 0.717) is 16.8 Å². The number of hydrogen-bond donors (Lipinski definition) is 3. The van der Waals surface area contributed by atoms with Crippen molar-refractivity contribution in [1.82, 2.24) is 0 Å². The van der Waals surface area contributed by atoms with Crippen molar-refractivity contribution in [2.45, 2.75) is 19.4 Å². The highest BCUT2D eigenvalue weighted by Gasteiger charge is 2.15. The Kier molecular flexibility index (Phi) is 4.62. The van der Waals surface area contributed by atoms with Gasteiger partial charge in [0.15, 0.2) is 0 Å². The third kappa shape index (κ3) is 3.71. The summed E-state index contributed by atoms with van der Waals surface area (Å²) in [6, 6.07) is 5.96. The molecule has 0 unspecified atom stereocenters. The molecule has 5 nitrogen and oxygen atoms in total. The molecule has 1 amide bonds. The molecule has 18 heavy (non-hydrogen) atoms. The van der Waals surface area contributed by atoms with Gasteiger partial charge in [0.25, 0.3) is 5.91 Å². The molecule has 0 spiro atoms. The van der Waals surface area contributed by atoms with Gasteiger partial charge >= 0.3 is 5.97 Å². The zero-order chi connectivity index (χ0) is 13.7. The van der Waals surface area contributed by atoms with Crippen LogP contribution in [0, 0.1) is 0 Å². The first kappa shape index (κ1) is 13.9. The lowest BCUT2D eigenvalue weighted by molar-refractivity contribution is -0.138. The summed E-state index contributed by atoms with van der Waals surface area (Å²) in [7, 11) is 0. The van der Waals surface area contributed by atoms with Crippen molar-refractivity contribution in [2.75, 3.05) is 5.32 Å². The van der Waals surface area contributed by atoms with Gasteiger partial charge < -0.3 is 16.2 Å². The molecule has 0 heterocycles. The second-order valence-corrected chi connectivity index (χ2v) is 4.04. The van der Waals surface area contributed by atoms with Crippen LogP contribution < -0.4 is 11.1 Å². The second-order valence-electron chi connectivity index (χ2n) is 4.04. The summed E-state index contributed by atoms with van der Waals surface area (Å²) in [6.45, 7) is 5.14. The number of para-hydroxylation sites is 1. The minimum atomic E-state index is -1.07. The Morgan fingerprint density at radius 2 is 2.06 bits per heavy atom. The maximum atomic E-state index is 11.5. The molecule has 0 radical (unpaired) electrons. The Hall–Kier alpha value is -2.14. The average molecular weight is 248 g/mol. The van der Waals surface area contributed by atoms with Gasteiger partial charge in [0, 0.05) is 17.7 Å². The molecule has 0 saturated heterocycles. The van der Waals surface area contributed by atoms with Crippen LogP contribution in [0.1, 0.15) is 12.5 Å². The van der Waals surface area contributed by atoms with Crippen molar-refractivity contribution in [1.29, 1.82) is 0 Å². The van der Waals surface area contributed by atoms with Crippen LogP contribution in [0.5, 0.6) is 0 Å². The highest BCUT2D eigenvalue weighted by molar-refractivity contribution is 6.03. The number of carboxylic acid groups (broad SMARTS) is 1. The fraction of sp³-hybridized carbons (Fsp3) is 0.231. The topological polar surface area (TPSA) is 92.4 Å². The van der Waals surface area contributed by atoms with Crippen molar-refractivity contribution in [3.8, 4) is 0 Å². The van der Waals surface area contributed by atoms with E-state index in [-0.39, 0.29) is 12.3 Å². The maximum Gasteiger partial charge on any atom is 0.320 e. The summed E-state index contributed by atoms with van der Waals surface area (Å²) in [5, 5.41) is 11.4. The van der Waals surface area contributed by atoms with Gasteiger partial charge in [-0.25, -0.2) is 0 Å². The molecule has 0 saturated carbocycles. The van der Waals surface area contributed by atoms with Crippen LogP contribution in [0.15, 0.2) is 36.4 Å². The van der Waals surface area contributed by atoms with Gasteiger partial charge in [0.1, 0.15) is 6.04 Å². The normalized spacial score (nSPS) is 11.7. The molecule has 0 aromatic heterocycles. The van der Waals surface area contributed by atoms with Crippen LogP contribution in [0.4, 0.5) is 5.69 Å². The maximum absolute atomic E-state index is 11.5. The lowest BCUT2D eigenvalue weighted by Gasteiger charge is -2.12. The Morgan fingerprint density at radius 3 is 2.61 bits per heavy atom. The molecule has 0 aliphatic rings. The van der Waals surface area contributed by atoms with Gasteiger partial charge in [0.2, 0.25) is 0 Å². The van der Waals surface area contributed by atoms with E-state index >= 15 is 0 Å². The number of rotatable bonds is 5. The van der Waals surface area contributed by atoms with Crippen molar-refractivity contribution in [3.63, 3.8) is 0 Å². The summed E-state index contributed by atoms with van der Waals surface area (Å²) in [6.07, 6.45) is 0.155. The van der Waals surface area contributed by atoms with Crippen molar-refractivity contribution >= 4 is 17.6 Å². The molecule has 5 heteroatoms. The van der Waals surface area contributed by atoms with Crippen molar-refractivity contribution in [2.24, 2.45) is 5.73 Å². The molecule has 1 aromatic rings. The van der Waals surface area contributed by atoms with E-state index in [0.717, 1.165) is 0 Å². The molecule has 1 atom stereocenters. The Morgan fingerprint density at radius 1 is 1.44 bits per heavy atom. The van der Waals surface area contributed by atoms with E-state index in [4.69, 9.17) is 10.8 Å². The first-order valence-electron chi connectivity index (χ1n) is 5.45. The SMILES string of the molecule is C=C(C)C(=O)Nc1ccccc1C[C@H](N)C(=O)O. The molecule has 1 rings (SSSR count). The van der Waals surface area contributed by atoms with Crippen molar-refractivity contribution < 1.29 is 14.7 Å². The number of carboxylic acids is 1. The van der Waals surface area contributed by atoms with E-state index in [1.807, 2.05) is 0 Å². The summed E-state index contributed by atoms with van der Waals surface area (Å²) in [4.78, 5) is 22.2. The smallest absolute Gasteiger partial charge is 0.320 e. The molecular weight excluding hydrogens is 232 g/mol. The third-order valence-electron chi connectivity index (χ3n) is 2.41. The van der Waals surface area contributed by atoms with E-state index in [1.165, 1.54) is 0 Å². The lowest BCUT2D eigenvalue weighted by Crippen LogP contribution is -2.32. The Bertz CT molecular complexity index is 483. The predicted molar refractivity (Wildman–Crippen MR) is 69.2 cm³/mol. The van der Waals surface area contributed by atoms with Crippen LogP contribution in [0.25, 0.3) is 0 Å². The summed E-state index contributed by atoms with van der Waals surface area (Å²) < 4.78 is 0. The van der Waals surface area contributed by atoms with Gasteiger partial charge in [-0.2, -0.15) is 0 Å². The lowest BCUT2D eigenvalue weighted by atomic mass is 10.0. The van der Waals surface area contributed by atoms with Gasteiger partial charge in [0.05, 0.1) is 0 Å². The van der Waals surface area contributed by atoms with Crippen LogP contribution in [0.3, 0.4) is 0 Å². The molecule has 0 aliphatic carbocycles. The van der Waals surface area contributed by atoms with Crippen LogP contribution in [-0.4, -0.2) is 23.0 Å². The van der Waals surface area contributed by atoms with Gasteiger partial charge in [-0.15, -0.1) is 0 Å². The fourth-order valence-corrected chi connectivity index (χ4v) is 1.37. The standard InChI is InChI=1S/C13H16N2O3/c1-8(2)12(16)15-11-6-4-3-5-9(11)7-10(14)13(17)18/h3-6,10H,1,7,14H2,2H3,(H,15,16)(H,17,18)/t10-/m0/s1. The Balaban J connectivity index is 2.89. The monoisotopic (exact) mass is 248 g/mol. The van der Waals surface area contributed by atoms with Crippen LogP contribution in [-0.2, 0) is 16.0 Å². The Labute approximate surface area is 105 Å². The van der Waals surface area contributed by atoms with E-state index in [2.05, 4.69) is 11.9 Å². The predicted octanol–water partition coefficient (Wildman–Crippen LogP) is 1.16. The number of carbonyl (C=O) groups is 2. The summed E-state index contributed by atoms with van der Waals surface area (Å²) in [5.74, 6) is -1.37. The van der Waals surface area contributed by atoms with E-state index < -0.39 is 12.0 Å². The minimum absolute atomic E-state index is 0.155.